The quantitative estimate of drug-likeness (QED) is 0.492. The lowest BCUT2D eigenvalue weighted by molar-refractivity contribution is -0.148. The average Bonchev–Trinajstić information content (AvgIpc) is 2.28. The highest BCUT2D eigenvalue weighted by atomic mass is 33.1. The molecule has 1 rings (SSSR count). The minimum Gasteiger partial charge on any atom is -0.311 e. The molecule has 0 aliphatic carbocycles. The molecular formula is C10H14N2O2S2. The maximum Gasteiger partial charge on any atom is 0.316 e. The van der Waals surface area contributed by atoms with Crippen molar-refractivity contribution < 1.29 is 9.59 Å². The maximum absolute atomic E-state index is 11.8. The zero-order valence-electron chi connectivity index (χ0n) is 9.68. The van der Waals surface area contributed by atoms with Gasteiger partial charge in [-0.25, -0.2) is 0 Å². The number of nitrogens with zero attached hydrogens (tertiary/aromatic N) is 2. The van der Waals surface area contributed by atoms with Crippen LogP contribution >= 0.6 is 21.6 Å². The van der Waals surface area contributed by atoms with Crippen molar-refractivity contribution in [1.29, 1.82) is 0 Å². The number of carbonyl (C=O) groups is 2. The van der Waals surface area contributed by atoms with Gasteiger partial charge >= 0.3 is 11.8 Å². The summed E-state index contributed by atoms with van der Waals surface area (Å²) >= 11 is 0. The Kier molecular flexibility index (Phi) is 4.49. The molecule has 0 spiro atoms. The van der Waals surface area contributed by atoms with E-state index in [4.69, 9.17) is 0 Å². The van der Waals surface area contributed by atoms with Gasteiger partial charge in [0, 0.05) is 36.3 Å². The van der Waals surface area contributed by atoms with E-state index in [2.05, 4.69) is 0 Å². The molecule has 0 radical (unpaired) electrons. The fraction of sp³-hybridized carbons (Fsp3) is 0.400. The van der Waals surface area contributed by atoms with Crippen molar-refractivity contribution in [2.24, 2.45) is 0 Å². The highest BCUT2D eigenvalue weighted by Gasteiger charge is 2.24. The number of hydrogen-bond donors (Lipinski definition) is 0. The largest absolute Gasteiger partial charge is 0.316 e. The molecule has 16 heavy (non-hydrogen) atoms. The van der Waals surface area contributed by atoms with Gasteiger partial charge in [-0.1, -0.05) is 21.6 Å². The Bertz CT molecular complexity index is 341. The Morgan fingerprint density at radius 3 is 1.50 bits per heavy atom. The van der Waals surface area contributed by atoms with Crippen LogP contribution in [0.15, 0.2) is 22.2 Å². The third-order valence-electron chi connectivity index (χ3n) is 2.34. The second-order valence-electron chi connectivity index (χ2n) is 3.44. The molecule has 1 aliphatic heterocycles. The van der Waals surface area contributed by atoms with Crippen LogP contribution in [0.3, 0.4) is 0 Å². The van der Waals surface area contributed by atoms with E-state index in [1.165, 1.54) is 31.4 Å². The van der Waals surface area contributed by atoms with Crippen LogP contribution in [-0.4, -0.2) is 35.7 Å². The first-order valence-electron chi connectivity index (χ1n) is 4.66. The standard InChI is InChI=1S/C10H14N2O2S2/c1-7-5-15-16-6-8(2)12(4)10(14)9(13)11(7)3/h5-6H,1-4H3/b7-5-,8-6-. The van der Waals surface area contributed by atoms with E-state index in [1.807, 2.05) is 10.8 Å². The van der Waals surface area contributed by atoms with E-state index < -0.39 is 11.8 Å². The van der Waals surface area contributed by atoms with Crippen LogP contribution < -0.4 is 0 Å². The van der Waals surface area contributed by atoms with Gasteiger partial charge in [0.15, 0.2) is 0 Å². The zero-order valence-corrected chi connectivity index (χ0v) is 11.3. The lowest BCUT2D eigenvalue weighted by Gasteiger charge is -2.23. The van der Waals surface area contributed by atoms with Crippen molar-refractivity contribution in [3.8, 4) is 0 Å². The Morgan fingerprint density at radius 2 is 1.19 bits per heavy atom. The van der Waals surface area contributed by atoms with Crippen molar-refractivity contribution in [3.63, 3.8) is 0 Å². The van der Waals surface area contributed by atoms with Gasteiger partial charge in [-0.15, -0.1) is 0 Å². The van der Waals surface area contributed by atoms with Gasteiger partial charge in [0.2, 0.25) is 0 Å². The first-order chi connectivity index (χ1) is 7.45. The van der Waals surface area contributed by atoms with Crippen LogP contribution in [0.2, 0.25) is 0 Å². The van der Waals surface area contributed by atoms with Crippen molar-refractivity contribution in [2.45, 2.75) is 13.8 Å². The predicted molar refractivity (Wildman–Crippen MR) is 68.2 cm³/mol. The lowest BCUT2D eigenvalue weighted by atomic mass is 10.3. The Labute approximate surface area is 103 Å². The van der Waals surface area contributed by atoms with E-state index >= 15 is 0 Å². The van der Waals surface area contributed by atoms with Crippen LogP contribution in [0.5, 0.6) is 0 Å². The predicted octanol–water partition coefficient (Wildman–Crippen LogP) is 2.02. The number of allylic oxidation sites excluding steroid dienone is 2. The molecular weight excluding hydrogens is 244 g/mol. The van der Waals surface area contributed by atoms with E-state index in [-0.39, 0.29) is 0 Å². The van der Waals surface area contributed by atoms with E-state index in [1.54, 1.807) is 27.9 Å². The Hall–Kier alpha value is -0.880. The van der Waals surface area contributed by atoms with Crippen LogP contribution in [-0.2, 0) is 9.59 Å². The highest BCUT2D eigenvalue weighted by molar-refractivity contribution is 8.78. The Balaban J connectivity index is 3.05. The maximum atomic E-state index is 11.8. The lowest BCUT2D eigenvalue weighted by Crippen LogP contribution is -2.40. The van der Waals surface area contributed by atoms with Gasteiger partial charge < -0.3 is 9.80 Å². The van der Waals surface area contributed by atoms with Crippen molar-refractivity contribution in [3.05, 3.63) is 22.2 Å². The molecule has 0 aromatic heterocycles. The monoisotopic (exact) mass is 258 g/mol. The van der Waals surface area contributed by atoms with Gasteiger partial charge in [0.25, 0.3) is 0 Å². The zero-order chi connectivity index (χ0) is 12.3. The average molecular weight is 258 g/mol. The van der Waals surface area contributed by atoms with Crippen LogP contribution in [0.1, 0.15) is 13.8 Å². The first-order valence-corrected chi connectivity index (χ1v) is 6.94. The molecule has 1 heterocycles. The van der Waals surface area contributed by atoms with Gasteiger partial charge in [0.05, 0.1) is 0 Å². The third kappa shape index (κ3) is 2.82. The second-order valence-corrected chi connectivity index (χ2v) is 5.45. The summed E-state index contributed by atoms with van der Waals surface area (Å²) in [5.74, 6) is -1.03. The summed E-state index contributed by atoms with van der Waals surface area (Å²) in [6.45, 7) is 3.60. The summed E-state index contributed by atoms with van der Waals surface area (Å²) in [6.07, 6.45) is 0. The molecule has 88 valence electrons. The normalized spacial score (nSPS) is 26.0. The topological polar surface area (TPSA) is 40.6 Å². The highest BCUT2D eigenvalue weighted by Crippen LogP contribution is 2.28. The molecule has 0 aromatic rings. The number of likely N-dealkylation sites (N-methyl/N-ethyl adjacent to an activating group) is 2. The minimum absolute atomic E-state index is 0.517. The molecule has 0 N–H and O–H groups in total. The summed E-state index contributed by atoms with van der Waals surface area (Å²) in [7, 11) is 6.24. The van der Waals surface area contributed by atoms with Crippen molar-refractivity contribution >= 4 is 33.4 Å². The molecule has 0 saturated heterocycles. The molecule has 4 nitrogen and oxygen atoms in total. The van der Waals surface area contributed by atoms with Crippen LogP contribution in [0, 0.1) is 0 Å². The van der Waals surface area contributed by atoms with E-state index in [0.717, 1.165) is 11.4 Å². The number of hydrogen-bond acceptors (Lipinski definition) is 4. The van der Waals surface area contributed by atoms with E-state index in [0.29, 0.717) is 0 Å². The summed E-state index contributed by atoms with van der Waals surface area (Å²) in [5, 5.41) is 3.70. The summed E-state index contributed by atoms with van der Waals surface area (Å²) in [6, 6.07) is 0. The van der Waals surface area contributed by atoms with Crippen molar-refractivity contribution in [2.75, 3.05) is 14.1 Å². The van der Waals surface area contributed by atoms with Gasteiger partial charge in [-0.3, -0.25) is 9.59 Å². The molecule has 0 fully saturated rings. The summed E-state index contributed by atoms with van der Waals surface area (Å²) < 4.78 is 0. The second kappa shape index (κ2) is 5.45. The molecule has 1 aliphatic rings. The number of carbonyl (C=O) groups excluding carboxylic acids is 2. The van der Waals surface area contributed by atoms with Crippen LogP contribution in [0.4, 0.5) is 0 Å². The summed E-state index contributed by atoms with van der Waals surface area (Å²) in [5.41, 5.74) is 1.52. The molecule has 2 amide bonds. The molecule has 6 heteroatoms. The first kappa shape index (κ1) is 13.2. The van der Waals surface area contributed by atoms with Crippen molar-refractivity contribution in [1.82, 2.24) is 9.80 Å². The number of rotatable bonds is 0. The SMILES string of the molecule is C/C1=C/SS/C=C(/C)N(C)C(=O)C(=O)N1C. The fourth-order valence-corrected chi connectivity index (χ4v) is 2.83. The van der Waals surface area contributed by atoms with E-state index in [9.17, 15) is 9.59 Å². The smallest absolute Gasteiger partial charge is 0.311 e. The third-order valence-corrected chi connectivity index (χ3v) is 4.24. The van der Waals surface area contributed by atoms with Crippen LogP contribution in [0.25, 0.3) is 0 Å². The fourth-order valence-electron chi connectivity index (χ4n) is 0.960. The van der Waals surface area contributed by atoms with Gasteiger partial charge in [-0.05, 0) is 13.8 Å². The molecule has 0 saturated carbocycles. The molecule has 0 bridgehead atoms. The molecule has 0 aromatic carbocycles. The molecule has 0 unspecified atom stereocenters. The van der Waals surface area contributed by atoms with Gasteiger partial charge in [0.1, 0.15) is 0 Å². The molecule has 0 atom stereocenters. The minimum atomic E-state index is -0.517. The summed E-state index contributed by atoms with van der Waals surface area (Å²) in [4.78, 5) is 26.3. The number of amides is 2. The van der Waals surface area contributed by atoms with Gasteiger partial charge in [-0.2, -0.15) is 0 Å². The Morgan fingerprint density at radius 1 is 0.875 bits per heavy atom.